The third-order valence-corrected chi connectivity index (χ3v) is 6.44. The fourth-order valence-electron chi connectivity index (χ4n) is 4.48. The zero-order chi connectivity index (χ0) is 26.1. The predicted octanol–water partition coefficient (Wildman–Crippen LogP) is 6.86. The second kappa shape index (κ2) is 13.3. The molecule has 3 aromatic rings. The molecule has 3 aromatic carbocycles. The van der Waals surface area contributed by atoms with Crippen molar-refractivity contribution in [3.63, 3.8) is 0 Å². The first-order chi connectivity index (χ1) is 17.4. The molecule has 0 saturated heterocycles. The topological polar surface area (TPSA) is 57.2 Å². The fourth-order valence-corrected chi connectivity index (χ4v) is 4.48. The maximum absolute atomic E-state index is 10.9. The molecule has 194 valence electrons. The molecular formula is C31H40O5. The highest BCUT2D eigenvalue weighted by atomic mass is 16.5. The van der Waals surface area contributed by atoms with Gasteiger partial charge in [-0.2, -0.15) is 0 Å². The molecule has 5 nitrogen and oxygen atoms in total. The third-order valence-electron chi connectivity index (χ3n) is 6.44. The van der Waals surface area contributed by atoms with Crippen molar-refractivity contribution in [3.8, 4) is 17.2 Å². The molecule has 0 saturated carbocycles. The summed E-state index contributed by atoms with van der Waals surface area (Å²) in [4.78, 5) is 0. The van der Waals surface area contributed by atoms with E-state index in [0.29, 0.717) is 38.8 Å². The minimum Gasteiger partial charge on any atom is -0.507 e. The van der Waals surface area contributed by atoms with Crippen LogP contribution in [0.25, 0.3) is 0 Å². The van der Waals surface area contributed by atoms with E-state index in [0.717, 1.165) is 51.3 Å². The van der Waals surface area contributed by atoms with Crippen LogP contribution >= 0.6 is 0 Å². The Balaban J connectivity index is 1.77. The monoisotopic (exact) mass is 492 g/mol. The predicted molar refractivity (Wildman–Crippen MR) is 144 cm³/mol. The van der Waals surface area contributed by atoms with Crippen molar-refractivity contribution in [2.75, 3.05) is 27.4 Å². The van der Waals surface area contributed by atoms with Crippen LogP contribution in [0.2, 0.25) is 0 Å². The van der Waals surface area contributed by atoms with Gasteiger partial charge in [-0.3, -0.25) is 0 Å². The number of hydrogen-bond donors (Lipinski definition) is 1. The summed E-state index contributed by atoms with van der Waals surface area (Å²) in [5.74, 6) is 2.43. The summed E-state index contributed by atoms with van der Waals surface area (Å²) in [5, 5.41) is 10.9. The maximum Gasteiger partial charge on any atom is 0.128 e. The fraction of sp³-hybridized carbons (Fsp3) is 0.419. The Morgan fingerprint density at radius 3 is 1.94 bits per heavy atom. The molecule has 0 aromatic heterocycles. The van der Waals surface area contributed by atoms with Gasteiger partial charge in [0.25, 0.3) is 0 Å². The molecular weight excluding hydrogens is 452 g/mol. The van der Waals surface area contributed by atoms with Crippen LogP contribution in [0.4, 0.5) is 0 Å². The Bertz CT molecular complexity index is 1120. The van der Waals surface area contributed by atoms with Gasteiger partial charge in [0.05, 0.1) is 13.2 Å². The van der Waals surface area contributed by atoms with Crippen molar-refractivity contribution in [1.82, 2.24) is 0 Å². The number of hydrogen-bond acceptors (Lipinski definition) is 5. The van der Waals surface area contributed by atoms with E-state index in [1.165, 1.54) is 5.56 Å². The van der Waals surface area contributed by atoms with Gasteiger partial charge in [-0.25, -0.2) is 0 Å². The average molecular weight is 493 g/mol. The van der Waals surface area contributed by atoms with Crippen molar-refractivity contribution in [2.45, 2.75) is 59.7 Å². The standard InChI is InChI=1S/C31H40O5/c1-7-23(4)24-8-10-29(11-9-24)35-12-13-36-31-26(15-22(3)17-28(31)20-34-6)18-25-14-21(2)16-27(19-33-5)30(25)32/h8-11,14-17,23,32H,7,12-13,18-20H2,1-6H3. The highest BCUT2D eigenvalue weighted by Gasteiger charge is 2.16. The molecule has 5 heteroatoms. The lowest BCUT2D eigenvalue weighted by molar-refractivity contribution is 0.174. The highest BCUT2D eigenvalue weighted by molar-refractivity contribution is 5.51. The average Bonchev–Trinajstić information content (AvgIpc) is 2.86. The number of benzene rings is 3. The molecule has 1 unspecified atom stereocenters. The minimum atomic E-state index is 0.271. The smallest absolute Gasteiger partial charge is 0.128 e. The molecule has 1 atom stereocenters. The zero-order valence-electron chi connectivity index (χ0n) is 22.5. The van der Waals surface area contributed by atoms with Gasteiger partial charge in [0.1, 0.15) is 30.5 Å². The molecule has 1 N–H and O–H groups in total. The molecule has 0 aliphatic rings. The normalized spacial score (nSPS) is 11.9. The van der Waals surface area contributed by atoms with E-state index >= 15 is 0 Å². The van der Waals surface area contributed by atoms with Crippen LogP contribution in [0.1, 0.15) is 65.1 Å². The van der Waals surface area contributed by atoms with E-state index in [1.54, 1.807) is 14.2 Å². The summed E-state index contributed by atoms with van der Waals surface area (Å²) in [5.41, 5.74) is 7.13. The van der Waals surface area contributed by atoms with E-state index in [2.05, 4.69) is 45.0 Å². The second-order valence-electron chi connectivity index (χ2n) is 9.46. The van der Waals surface area contributed by atoms with Gasteiger partial charge in [-0.05, 0) is 55.0 Å². The van der Waals surface area contributed by atoms with Crippen molar-refractivity contribution in [2.24, 2.45) is 0 Å². The first kappa shape index (κ1) is 27.6. The maximum atomic E-state index is 10.9. The van der Waals surface area contributed by atoms with Gasteiger partial charge in [0, 0.05) is 31.8 Å². The third kappa shape index (κ3) is 7.25. The van der Waals surface area contributed by atoms with Gasteiger partial charge in [-0.1, -0.05) is 61.4 Å². The molecule has 36 heavy (non-hydrogen) atoms. The second-order valence-corrected chi connectivity index (χ2v) is 9.46. The van der Waals surface area contributed by atoms with E-state index in [4.69, 9.17) is 18.9 Å². The Labute approximate surface area is 216 Å². The number of phenolic OH excluding ortho intramolecular Hbond substituents is 1. The van der Waals surface area contributed by atoms with Gasteiger partial charge >= 0.3 is 0 Å². The number of ether oxygens (including phenoxy) is 4. The quantitative estimate of drug-likeness (QED) is 0.264. The lowest BCUT2D eigenvalue weighted by atomic mass is 9.95. The van der Waals surface area contributed by atoms with Crippen molar-refractivity contribution in [3.05, 3.63) is 87.5 Å². The Hall–Kier alpha value is -3.02. The molecule has 0 aliphatic heterocycles. The van der Waals surface area contributed by atoms with Crippen LogP contribution in [0.15, 0.2) is 48.5 Å². The number of phenols is 1. The van der Waals surface area contributed by atoms with E-state index in [-0.39, 0.29) is 5.75 Å². The number of rotatable bonds is 13. The van der Waals surface area contributed by atoms with Crippen LogP contribution in [0.3, 0.4) is 0 Å². The molecule has 0 fully saturated rings. The lowest BCUT2D eigenvalue weighted by Crippen LogP contribution is -2.12. The molecule has 0 bridgehead atoms. The van der Waals surface area contributed by atoms with Crippen LogP contribution < -0.4 is 9.47 Å². The van der Waals surface area contributed by atoms with Crippen molar-refractivity contribution in [1.29, 1.82) is 0 Å². The first-order valence-electron chi connectivity index (χ1n) is 12.6. The van der Waals surface area contributed by atoms with Gasteiger partial charge in [0.15, 0.2) is 0 Å². The number of aromatic hydroxyl groups is 1. The first-order valence-corrected chi connectivity index (χ1v) is 12.6. The summed E-state index contributed by atoms with van der Waals surface area (Å²) in [7, 11) is 3.31. The Morgan fingerprint density at radius 1 is 0.750 bits per heavy atom. The highest BCUT2D eigenvalue weighted by Crippen LogP contribution is 2.33. The zero-order valence-corrected chi connectivity index (χ0v) is 22.5. The molecule has 0 spiro atoms. The molecule has 3 rings (SSSR count). The molecule has 0 aliphatic carbocycles. The van der Waals surface area contributed by atoms with Crippen molar-refractivity contribution < 1.29 is 24.1 Å². The SMILES string of the molecule is CCC(C)c1ccc(OCCOc2c(COC)cc(C)cc2Cc2cc(C)cc(COC)c2O)cc1. The van der Waals surface area contributed by atoms with Crippen LogP contribution in [-0.4, -0.2) is 32.5 Å². The van der Waals surface area contributed by atoms with Crippen LogP contribution in [0.5, 0.6) is 17.2 Å². The van der Waals surface area contributed by atoms with E-state index in [1.807, 2.05) is 31.2 Å². The summed E-state index contributed by atoms with van der Waals surface area (Å²) in [6.07, 6.45) is 1.65. The summed E-state index contributed by atoms with van der Waals surface area (Å²) >= 11 is 0. The van der Waals surface area contributed by atoms with Crippen LogP contribution in [-0.2, 0) is 29.1 Å². The summed E-state index contributed by atoms with van der Waals surface area (Å²) in [6.45, 7) is 10.1. The Kier molecular flexibility index (Phi) is 10.2. The van der Waals surface area contributed by atoms with Gasteiger partial charge < -0.3 is 24.1 Å². The van der Waals surface area contributed by atoms with Crippen LogP contribution in [0, 0.1) is 13.8 Å². The minimum absolute atomic E-state index is 0.271. The molecule has 0 radical (unpaired) electrons. The number of methoxy groups -OCH3 is 2. The van der Waals surface area contributed by atoms with Gasteiger partial charge in [-0.15, -0.1) is 0 Å². The summed E-state index contributed by atoms with van der Waals surface area (Å²) < 4.78 is 23.0. The van der Waals surface area contributed by atoms with Gasteiger partial charge in [0.2, 0.25) is 0 Å². The van der Waals surface area contributed by atoms with Crippen molar-refractivity contribution >= 4 is 0 Å². The molecule has 0 heterocycles. The molecule has 0 amide bonds. The largest absolute Gasteiger partial charge is 0.507 e. The number of aryl methyl sites for hydroxylation is 2. The Morgan fingerprint density at radius 2 is 1.31 bits per heavy atom. The summed E-state index contributed by atoms with van der Waals surface area (Å²) in [6, 6.07) is 16.5. The van der Waals surface area contributed by atoms with E-state index < -0.39 is 0 Å². The van der Waals surface area contributed by atoms with E-state index in [9.17, 15) is 5.11 Å². The lowest BCUT2D eigenvalue weighted by Gasteiger charge is -2.19.